The number of anilines is 1. The number of aromatic amines is 1. The Labute approximate surface area is 83.9 Å². The maximum absolute atomic E-state index is 9.07. The van der Waals surface area contributed by atoms with Crippen LogP contribution in [-0.2, 0) is 0 Å². The second-order valence-electron chi connectivity index (χ2n) is 4.07. The summed E-state index contributed by atoms with van der Waals surface area (Å²) in [5.41, 5.74) is 3.41. The SMILES string of the molecule is Cc1n[nH]c(C)c1N1CCC(CO)C1. The number of nitrogens with zero attached hydrogens (tertiary/aromatic N) is 2. The molecule has 78 valence electrons. The maximum Gasteiger partial charge on any atom is 0.0827 e. The minimum absolute atomic E-state index is 0.298. The number of H-pyrrole nitrogens is 1. The molecule has 0 aliphatic carbocycles. The van der Waals surface area contributed by atoms with Crippen molar-refractivity contribution < 1.29 is 5.11 Å². The van der Waals surface area contributed by atoms with Crippen LogP contribution in [0.4, 0.5) is 5.69 Å². The van der Waals surface area contributed by atoms with Gasteiger partial charge in [0.05, 0.1) is 17.1 Å². The van der Waals surface area contributed by atoms with Gasteiger partial charge in [0.15, 0.2) is 0 Å². The van der Waals surface area contributed by atoms with Crippen molar-refractivity contribution in [1.29, 1.82) is 0 Å². The molecule has 4 nitrogen and oxygen atoms in total. The number of aliphatic hydroxyl groups excluding tert-OH is 1. The maximum atomic E-state index is 9.07. The molecule has 0 spiro atoms. The normalized spacial score (nSPS) is 21.9. The van der Waals surface area contributed by atoms with Crippen LogP contribution in [0, 0.1) is 19.8 Å². The Balaban J connectivity index is 2.17. The standard InChI is InChI=1S/C10H17N3O/c1-7-10(8(2)12-11-7)13-4-3-9(5-13)6-14/h9,14H,3-6H2,1-2H3,(H,11,12). The molecule has 14 heavy (non-hydrogen) atoms. The highest BCUT2D eigenvalue weighted by Gasteiger charge is 2.25. The van der Waals surface area contributed by atoms with E-state index >= 15 is 0 Å². The van der Waals surface area contributed by atoms with Crippen LogP contribution in [0.25, 0.3) is 0 Å². The molecule has 2 rings (SSSR count). The average Bonchev–Trinajstić information content (AvgIpc) is 2.73. The van der Waals surface area contributed by atoms with E-state index in [0.29, 0.717) is 12.5 Å². The lowest BCUT2D eigenvalue weighted by Crippen LogP contribution is -2.21. The minimum atomic E-state index is 0.298. The molecule has 1 atom stereocenters. The number of aromatic nitrogens is 2. The Bertz CT molecular complexity index is 302. The molecule has 1 aliphatic rings. The summed E-state index contributed by atoms with van der Waals surface area (Å²) in [4.78, 5) is 2.31. The fraction of sp³-hybridized carbons (Fsp3) is 0.700. The van der Waals surface area contributed by atoms with Crippen LogP contribution in [0.2, 0.25) is 0 Å². The summed E-state index contributed by atoms with van der Waals surface area (Å²) in [5.74, 6) is 0.434. The van der Waals surface area contributed by atoms with Gasteiger partial charge in [0.25, 0.3) is 0 Å². The lowest BCUT2D eigenvalue weighted by atomic mass is 10.1. The number of aliphatic hydroxyl groups is 1. The second-order valence-corrected chi connectivity index (χ2v) is 4.07. The van der Waals surface area contributed by atoms with Crippen LogP contribution in [0.5, 0.6) is 0 Å². The minimum Gasteiger partial charge on any atom is -0.396 e. The predicted molar refractivity (Wildman–Crippen MR) is 55.5 cm³/mol. The molecule has 4 heteroatoms. The second kappa shape index (κ2) is 3.61. The number of aryl methyl sites for hydroxylation is 2. The van der Waals surface area contributed by atoms with Gasteiger partial charge >= 0.3 is 0 Å². The van der Waals surface area contributed by atoms with E-state index in [2.05, 4.69) is 15.1 Å². The van der Waals surface area contributed by atoms with E-state index in [1.54, 1.807) is 0 Å². The van der Waals surface area contributed by atoms with Crippen LogP contribution in [-0.4, -0.2) is 35.0 Å². The largest absolute Gasteiger partial charge is 0.396 e. The van der Waals surface area contributed by atoms with Crippen molar-refractivity contribution in [3.8, 4) is 0 Å². The molecule has 1 fully saturated rings. The smallest absolute Gasteiger partial charge is 0.0827 e. The van der Waals surface area contributed by atoms with Gasteiger partial charge in [-0.2, -0.15) is 5.10 Å². The third-order valence-corrected chi connectivity index (χ3v) is 2.95. The molecule has 0 radical (unpaired) electrons. The van der Waals surface area contributed by atoms with Crippen LogP contribution >= 0.6 is 0 Å². The molecule has 1 saturated heterocycles. The van der Waals surface area contributed by atoms with E-state index in [-0.39, 0.29) is 0 Å². The molecule has 1 aliphatic heterocycles. The summed E-state index contributed by atoms with van der Waals surface area (Å²) < 4.78 is 0. The van der Waals surface area contributed by atoms with E-state index in [0.717, 1.165) is 30.9 Å². The van der Waals surface area contributed by atoms with Crippen LogP contribution in [0.15, 0.2) is 0 Å². The quantitative estimate of drug-likeness (QED) is 0.735. The zero-order valence-corrected chi connectivity index (χ0v) is 8.75. The highest BCUT2D eigenvalue weighted by Crippen LogP contribution is 2.27. The number of hydrogen-bond acceptors (Lipinski definition) is 3. The van der Waals surface area contributed by atoms with Gasteiger partial charge in [-0.15, -0.1) is 0 Å². The first-order valence-corrected chi connectivity index (χ1v) is 5.09. The van der Waals surface area contributed by atoms with Gasteiger partial charge in [-0.3, -0.25) is 5.10 Å². The first-order valence-electron chi connectivity index (χ1n) is 5.09. The van der Waals surface area contributed by atoms with Crippen molar-refractivity contribution in [2.45, 2.75) is 20.3 Å². The summed E-state index contributed by atoms with van der Waals surface area (Å²) >= 11 is 0. The molecule has 0 amide bonds. The van der Waals surface area contributed by atoms with E-state index in [4.69, 9.17) is 5.11 Å². The monoisotopic (exact) mass is 195 g/mol. The Morgan fingerprint density at radius 3 is 2.86 bits per heavy atom. The van der Waals surface area contributed by atoms with Gasteiger partial charge in [-0.25, -0.2) is 0 Å². The highest BCUT2D eigenvalue weighted by molar-refractivity contribution is 5.54. The van der Waals surface area contributed by atoms with Crippen molar-refractivity contribution in [2.24, 2.45) is 5.92 Å². The molecular weight excluding hydrogens is 178 g/mol. The van der Waals surface area contributed by atoms with Gasteiger partial charge in [0.1, 0.15) is 0 Å². The Morgan fingerprint density at radius 1 is 1.57 bits per heavy atom. The number of rotatable bonds is 2. The lowest BCUT2D eigenvalue weighted by Gasteiger charge is -2.18. The van der Waals surface area contributed by atoms with Crippen LogP contribution in [0.1, 0.15) is 17.8 Å². The van der Waals surface area contributed by atoms with E-state index < -0.39 is 0 Å². The Hall–Kier alpha value is -1.03. The van der Waals surface area contributed by atoms with Crippen molar-refractivity contribution in [3.63, 3.8) is 0 Å². The molecule has 1 unspecified atom stereocenters. The fourth-order valence-corrected chi connectivity index (χ4v) is 2.20. The van der Waals surface area contributed by atoms with Gasteiger partial charge in [0.2, 0.25) is 0 Å². The molecule has 0 bridgehead atoms. The topological polar surface area (TPSA) is 52.2 Å². The first kappa shape index (κ1) is 9.52. The third kappa shape index (κ3) is 1.50. The van der Waals surface area contributed by atoms with Crippen LogP contribution in [0.3, 0.4) is 0 Å². The highest BCUT2D eigenvalue weighted by atomic mass is 16.3. The van der Waals surface area contributed by atoms with Gasteiger partial charge in [-0.05, 0) is 20.3 Å². The summed E-state index contributed by atoms with van der Waals surface area (Å²) in [6.07, 6.45) is 1.08. The molecule has 2 N–H and O–H groups in total. The molecule has 2 heterocycles. The zero-order valence-electron chi connectivity index (χ0n) is 8.75. The fourth-order valence-electron chi connectivity index (χ4n) is 2.20. The Kier molecular flexibility index (Phi) is 2.46. The number of hydrogen-bond donors (Lipinski definition) is 2. The summed E-state index contributed by atoms with van der Waals surface area (Å²) in [6.45, 7) is 6.35. The van der Waals surface area contributed by atoms with Crippen molar-refractivity contribution in [1.82, 2.24) is 10.2 Å². The Morgan fingerprint density at radius 2 is 2.36 bits per heavy atom. The molecule has 1 aromatic rings. The summed E-state index contributed by atoms with van der Waals surface area (Å²) in [7, 11) is 0. The number of nitrogens with one attached hydrogen (secondary N) is 1. The summed E-state index contributed by atoms with van der Waals surface area (Å²) in [5, 5.41) is 16.2. The van der Waals surface area contributed by atoms with Gasteiger partial charge in [-0.1, -0.05) is 0 Å². The van der Waals surface area contributed by atoms with Crippen LogP contribution < -0.4 is 4.90 Å². The molecule has 0 saturated carbocycles. The zero-order chi connectivity index (χ0) is 10.1. The van der Waals surface area contributed by atoms with Gasteiger partial charge in [0, 0.05) is 25.6 Å². The van der Waals surface area contributed by atoms with E-state index in [1.165, 1.54) is 5.69 Å². The van der Waals surface area contributed by atoms with Gasteiger partial charge < -0.3 is 10.0 Å². The van der Waals surface area contributed by atoms with Crippen molar-refractivity contribution in [3.05, 3.63) is 11.4 Å². The van der Waals surface area contributed by atoms with E-state index in [1.807, 2.05) is 13.8 Å². The molecule has 0 aromatic carbocycles. The third-order valence-electron chi connectivity index (χ3n) is 2.95. The van der Waals surface area contributed by atoms with E-state index in [9.17, 15) is 0 Å². The lowest BCUT2D eigenvalue weighted by molar-refractivity contribution is 0.238. The van der Waals surface area contributed by atoms with Crippen molar-refractivity contribution >= 4 is 5.69 Å². The average molecular weight is 195 g/mol. The predicted octanol–water partition coefficient (Wildman–Crippen LogP) is 0.845. The summed E-state index contributed by atoms with van der Waals surface area (Å²) in [6, 6.07) is 0. The molecule has 1 aromatic heterocycles. The first-order chi connectivity index (χ1) is 6.72. The van der Waals surface area contributed by atoms with Crippen molar-refractivity contribution in [2.75, 3.05) is 24.6 Å². The molecular formula is C10H17N3O.